The Morgan fingerprint density at radius 2 is 2.04 bits per heavy atom. The smallest absolute Gasteiger partial charge is 0.410 e. The zero-order chi connectivity index (χ0) is 16.6. The largest absolute Gasteiger partial charge is 0.444 e. The fourth-order valence-corrected chi connectivity index (χ4v) is 3.49. The molecule has 0 radical (unpaired) electrons. The molecule has 2 unspecified atom stereocenters. The van der Waals surface area contributed by atoms with Crippen LogP contribution < -0.4 is 5.32 Å². The Morgan fingerprint density at radius 1 is 1.30 bits per heavy atom. The van der Waals surface area contributed by atoms with Gasteiger partial charge in [-0.05, 0) is 44.7 Å². The number of likely N-dealkylation sites (tertiary alicyclic amines) is 1. The number of piperidine rings is 1. The summed E-state index contributed by atoms with van der Waals surface area (Å²) in [7, 11) is 0. The van der Waals surface area contributed by atoms with Crippen LogP contribution >= 0.6 is 0 Å². The third-order valence-corrected chi connectivity index (χ3v) is 4.52. The molecule has 1 saturated heterocycles. The first kappa shape index (κ1) is 15.8. The average Bonchev–Trinajstić information content (AvgIpc) is 2.63. The number of fused-ring (bicyclic) bond motifs is 3. The predicted molar refractivity (Wildman–Crippen MR) is 87.4 cm³/mol. The van der Waals surface area contributed by atoms with E-state index in [1.165, 1.54) is 0 Å². The molecule has 0 saturated carbocycles. The lowest BCUT2D eigenvalue weighted by Crippen LogP contribution is -2.47. The molecule has 1 aromatic carbocycles. The lowest BCUT2D eigenvalue weighted by molar-refractivity contribution is 0.0148. The minimum Gasteiger partial charge on any atom is -0.444 e. The van der Waals surface area contributed by atoms with Gasteiger partial charge in [-0.2, -0.15) is 0 Å². The molecule has 23 heavy (non-hydrogen) atoms. The summed E-state index contributed by atoms with van der Waals surface area (Å²) in [6.45, 7) is 7.50. The topological polar surface area (TPSA) is 58.6 Å². The molecule has 3 rings (SSSR count). The highest BCUT2D eigenvalue weighted by Crippen LogP contribution is 2.36. The maximum atomic E-state index is 12.3. The molecule has 0 spiro atoms. The quantitative estimate of drug-likeness (QED) is 0.800. The van der Waals surface area contributed by atoms with E-state index < -0.39 is 5.60 Å². The Balaban J connectivity index is 1.78. The van der Waals surface area contributed by atoms with Crippen molar-refractivity contribution in [1.82, 2.24) is 10.2 Å². The molecule has 2 aliphatic rings. The van der Waals surface area contributed by atoms with Crippen LogP contribution in [0.5, 0.6) is 0 Å². The van der Waals surface area contributed by atoms with E-state index >= 15 is 0 Å². The molecule has 0 bridgehead atoms. The third-order valence-electron chi connectivity index (χ3n) is 4.52. The van der Waals surface area contributed by atoms with Gasteiger partial charge in [0.25, 0.3) is 5.91 Å². The van der Waals surface area contributed by atoms with E-state index in [-0.39, 0.29) is 17.9 Å². The van der Waals surface area contributed by atoms with Gasteiger partial charge in [-0.3, -0.25) is 4.79 Å². The molecule has 2 amide bonds. The lowest BCUT2D eigenvalue weighted by Gasteiger charge is -2.38. The summed E-state index contributed by atoms with van der Waals surface area (Å²) in [5, 5.41) is 2.99. The number of carbonyl (C=O) groups excluding carboxylic acids is 2. The van der Waals surface area contributed by atoms with Gasteiger partial charge in [0, 0.05) is 31.1 Å². The van der Waals surface area contributed by atoms with Crippen LogP contribution in [0.3, 0.4) is 0 Å². The molecule has 1 fully saturated rings. The van der Waals surface area contributed by atoms with Crippen molar-refractivity contribution in [3.63, 3.8) is 0 Å². The Labute approximate surface area is 137 Å². The average molecular weight is 316 g/mol. The van der Waals surface area contributed by atoms with E-state index in [1.54, 1.807) is 4.90 Å². The monoisotopic (exact) mass is 316 g/mol. The van der Waals surface area contributed by atoms with Crippen molar-refractivity contribution in [2.24, 2.45) is 5.92 Å². The summed E-state index contributed by atoms with van der Waals surface area (Å²) in [6.07, 6.45) is 0.593. The fourth-order valence-electron chi connectivity index (χ4n) is 3.49. The van der Waals surface area contributed by atoms with Crippen LogP contribution in [0.4, 0.5) is 4.79 Å². The SMILES string of the molecule is CC(C)(C)OC(=O)N1CCC2c3ccccc3C(=O)NCC2C1. The standard InChI is InChI=1S/C18H24N2O3/c1-18(2,3)23-17(22)20-9-8-13-12(11-20)10-19-16(21)15-7-5-4-6-14(13)15/h4-7,12-13H,8-11H2,1-3H3,(H,19,21). The number of hydrogen-bond acceptors (Lipinski definition) is 3. The van der Waals surface area contributed by atoms with Crippen molar-refractivity contribution < 1.29 is 14.3 Å². The third kappa shape index (κ3) is 3.33. The first-order valence-corrected chi connectivity index (χ1v) is 8.20. The van der Waals surface area contributed by atoms with Crippen LogP contribution in [-0.4, -0.2) is 42.1 Å². The Bertz CT molecular complexity index is 621. The van der Waals surface area contributed by atoms with Gasteiger partial charge >= 0.3 is 6.09 Å². The summed E-state index contributed by atoms with van der Waals surface area (Å²) in [6, 6.07) is 7.80. The van der Waals surface area contributed by atoms with Crippen molar-refractivity contribution in [1.29, 1.82) is 0 Å². The summed E-state index contributed by atoms with van der Waals surface area (Å²) in [5.74, 6) is 0.520. The van der Waals surface area contributed by atoms with Gasteiger partial charge in [0.1, 0.15) is 5.60 Å². The lowest BCUT2D eigenvalue weighted by atomic mass is 9.79. The van der Waals surface area contributed by atoms with Gasteiger partial charge in [-0.25, -0.2) is 4.79 Å². The van der Waals surface area contributed by atoms with E-state index in [0.717, 1.165) is 17.5 Å². The zero-order valence-electron chi connectivity index (χ0n) is 14.0. The number of benzene rings is 1. The summed E-state index contributed by atoms with van der Waals surface area (Å²) < 4.78 is 5.48. The van der Waals surface area contributed by atoms with Crippen LogP contribution in [0.25, 0.3) is 0 Å². The highest BCUT2D eigenvalue weighted by Gasteiger charge is 2.37. The molecule has 2 aliphatic heterocycles. The highest BCUT2D eigenvalue weighted by atomic mass is 16.6. The number of rotatable bonds is 0. The highest BCUT2D eigenvalue weighted by molar-refractivity contribution is 5.96. The second kappa shape index (κ2) is 5.87. The van der Waals surface area contributed by atoms with Crippen LogP contribution in [-0.2, 0) is 4.74 Å². The zero-order valence-corrected chi connectivity index (χ0v) is 14.0. The van der Waals surface area contributed by atoms with E-state index in [9.17, 15) is 9.59 Å². The Kier molecular flexibility index (Phi) is 4.04. The molecule has 1 aromatic rings. The molecule has 0 aliphatic carbocycles. The van der Waals surface area contributed by atoms with Crippen LogP contribution in [0, 0.1) is 5.92 Å². The second-order valence-electron chi connectivity index (χ2n) is 7.38. The van der Waals surface area contributed by atoms with Gasteiger partial charge in [0.15, 0.2) is 0 Å². The van der Waals surface area contributed by atoms with Crippen molar-refractivity contribution in [3.05, 3.63) is 35.4 Å². The summed E-state index contributed by atoms with van der Waals surface area (Å²) in [5.41, 5.74) is 1.39. The predicted octanol–water partition coefficient (Wildman–Crippen LogP) is 2.77. The minimum atomic E-state index is -0.488. The first-order valence-electron chi connectivity index (χ1n) is 8.20. The molecular formula is C18H24N2O3. The Hall–Kier alpha value is -2.04. The maximum Gasteiger partial charge on any atom is 0.410 e. The van der Waals surface area contributed by atoms with E-state index in [1.807, 2.05) is 45.0 Å². The molecule has 5 heteroatoms. The van der Waals surface area contributed by atoms with Crippen molar-refractivity contribution in [2.45, 2.75) is 38.7 Å². The van der Waals surface area contributed by atoms with Crippen LogP contribution in [0.1, 0.15) is 49.0 Å². The van der Waals surface area contributed by atoms with Gasteiger partial charge < -0.3 is 15.0 Å². The number of hydrogen-bond donors (Lipinski definition) is 1. The van der Waals surface area contributed by atoms with Gasteiger partial charge in [-0.15, -0.1) is 0 Å². The maximum absolute atomic E-state index is 12.3. The molecule has 124 valence electrons. The molecular weight excluding hydrogens is 292 g/mol. The van der Waals surface area contributed by atoms with Crippen molar-refractivity contribution >= 4 is 12.0 Å². The minimum absolute atomic E-state index is 0.0150. The van der Waals surface area contributed by atoms with Crippen LogP contribution in [0.15, 0.2) is 24.3 Å². The van der Waals surface area contributed by atoms with Crippen molar-refractivity contribution in [2.75, 3.05) is 19.6 Å². The van der Waals surface area contributed by atoms with Crippen molar-refractivity contribution in [3.8, 4) is 0 Å². The van der Waals surface area contributed by atoms with Gasteiger partial charge in [0.2, 0.25) is 0 Å². The summed E-state index contributed by atoms with van der Waals surface area (Å²) >= 11 is 0. The molecule has 5 nitrogen and oxygen atoms in total. The number of nitrogens with zero attached hydrogens (tertiary/aromatic N) is 1. The number of carbonyl (C=O) groups is 2. The van der Waals surface area contributed by atoms with E-state index in [2.05, 4.69) is 5.32 Å². The van der Waals surface area contributed by atoms with Crippen LogP contribution in [0.2, 0.25) is 0 Å². The molecule has 2 atom stereocenters. The van der Waals surface area contributed by atoms with E-state index in [4.69, 9.17) is 4.74 Å². The van der Waals surface area contributed by atoms with Gasteiger partial charge in [-0.1, -0.05) is 18.2 Å². The number of nitrogens with one attached hydrogen (secondary N) is 1. The number of amides is 2. The normalized spacial score (nSPS) is 24.1. The Morgan fingerprint density at radius 3 is 2.78 bits per heavy atom. The molecule has 1 N–H and O–H groups in total. The van der Waals surface area contributed by atoms with Gasteiger partial charge in [0.05, 0.1) is 0 Å². The first-order chi connectivity index (χ1) is 10.8. The molecule has 2 heterocycles. The second-order valence-corrected chi connectivity index (χ2v) is 7.38. The molecule has 0 aromatic heterocycles. The fraction of sp³-hybridized carbons (Fsp3) is 0.556. The number of ether oxygens (including phenoxy) is 1. The summed E-state index contributed by atoms with van der Waals surface area (Å²) in [4.78, 5) is 26.3. The van der Waals surface area contributed by atoms with E-state index in [0.29, 0.717) is 25.6 Å².